The fourth-order valence-electron chi connectivity index (χ4n) is 3.51. The number of rotatable bonds is 1. The Morgan fingerprint density at radius 3 is 2.47 bits per heavy atom. The predicted octanol–water partition coefficient (Wildman–Crippen LogP) is 2.06. The van der Waals surface area contributed by atoms with E-state index in [0.29, 0.717) is 0 Å². The van der Waals surface area contributed by atoms with Gasteiger partial charge in [0.05, 0.1) is 0 Å². The summed E-state index contributed by atoms with van der Waals surface area (Å²) in [5.41, 5.74) is 0. The molecule has 88 valence electrons. The van der Waals surface area contributed by atoms with Crippen molar-refractivity contribution in [2.45, 2.75) is 38.6 Å². The third kappa shape index (κ3) is 2.73. The third-order valence-corrected chi connectivity index (χ3v) is 4.33. The maximum absolute atomic E-state index is 2.62. The minimum atomic E-state index is 0.865. The van der Waals surface area contributed by atoms with E-state index in [0.717, 1.165) is 17.9 Å². The van der Waals surface area contributed by atoms with E-state index in [1.165, 1.54) is 45.3 Å². The van der Waals surface area contributed by atoms with Crippen molar-refractivity contribution in [3.05, 3.63) is 0 Å². The highest BCUT2D eigenvalue weighted by atomic mass is 15.2. The van der Waals surface area contributed by atoms with Gasteiger partial charge < -0.3 is 9.80 Å². The van der Waals surface area contributed by atoms with Gasteiger partial charge in [-0.15, -0.1) is 0 Å². The number of hydrogen-bond donors (Lipinski definition) is 0. The molecule has 0 aromatic rings. The zero-order chi connectivity index (χ0) is 10.8. The van der Waals surface area contributed by atoms with Crippen LogP contribution in [0.5, 0.6) is 0 Å². The lowest BCUT2D eigenvalue weighted by atomic mass is 9.83. The molecular weight excluding hydrogens is 184 g/mol. The average Bonchev–Trinajstić information content (AvgIpc) is 2.17. The van der Waals surface area contributed by atoms with Gasteiger partial charge in [-0.05, 0) is 58.2 Å². The first-order chi connectivity index (χ1) is 7.16. The molecule has 2 unspecified atom stereocenters. The molecule has 0 amide bonds. The van der Waals surface area contributed by atoms with Gasteiger partial charge in [-0.1, -0.05) is 6.92 Å². The Bertz CT molecular complexity index is 205. The predicted molar refractivity (Wildman–Crippen MR) is 65.0 cm³/mol. The van der Waals surface area contributed by atoms with Crippen LogP contribution in [0.3, 0.4) is 0 Å². The summed E-state index contributed by atoms with van der Waals surface area (Å²) < 4.78 is 0. The summed E-state index contributed by atoms with van der Waals surface area (Å²) in [6, 6.07) is 0.865. The van der Waals surface area contributed by atoms with Gasteiger partial charge in [0.25, 0.3) is 0 Å². The Kier molecular flexibility index (Phi) is 3.68. The quantitative estimate of drug-likeness (QED) is 0.653. The molecule has 0 bridgehead atoms. The van der Waals surface area contributed by atoms with Gasteiger partial charge in [-0.2, -0.15) is 0 Å². The van der Waals surface area contributed by atoms with Crippen LogP contribution < -0.4 is 0 Å². The van der Waals surface area contributed by atoms with Crippen molar-refractivity contribution in [1.29, 1.82) is 0 Å². The molecule has 2 heterocycles. The first kappa shape index (κ1) is 11.4. The maximum atomic E-state index is 2.62. The second-order valence-corrected chi connectivity index (χ2v) is 5.85. The van der Waals surface area contributed by atoms with Crippen LogP contribution in [-0.2, 0) is 0 Å². The molecule has 2 saturated heterocycles. The van der Waals surface area contributed by atoms with Crippen molar-refractivity contribution in [1.82, 2.24) is 9.80 Å². The van der Waals surface area contributed by atoms with E-state index in [1.54, 1.807) is 0 Å². The van der Waals surface area contributed by atoms with Crippen molar-refractivity contribution in [2.75, 3.05) is 33.7 Å². The second kappa shape index (κ2) is 4.84. The fourth-order valence-corrected chi connectivity index (χ4v) is 3.51. The monoisotopic (exact) mass is 210 g/mol. The van der Waals surface area contributed by atoms with Crippen LogP contribution in [0, 0.1) is 11.8 Å². The molecule has 0 spiro atoms. The van der Waals surface area contributed by atoms with Crippen LogP contribution in [-0.4, -0.2) is 49.6 Å². The number of nitrogens with zero attached hydrogens (tertiary/aromatic N) is 2. The lowest BCUT2D eigenvalue weighted by Crippen LogP contribution is -2.49. The van der Waals surface area contributed by atoms with E-state index >= 15 is 0 Å². The highest BCUT2D eigenvalue weighted by Gasteiger charge is 2.31. The van der Waals surface area contributed by atoms with E-state index in [4.69, 9.17) is 0 Å². The minimum absolute atomic E-state index is 0.865. The summed E-state index contributed by atoms with van der Waals surface area (Å²) in [6.45, 7) is 6.33. The minimum Gasteiger partial charge on any atom is -0.306 e. The van der Waals surface area contributed by atoms with Crippen LogP contribution >= 0.6 is 0 Å². The molecule has 3 atom stereocenters. The molecule has 2 fully saturated rings. The van der Waals surface area contributed by atoms with Crippen LogP contribution in [0.25, 0.3) is 0 Å². The molecule has 2 nitrogen and oxygen atoms in total. The molecule has 2 rings (SSSR count). The Hall–Kier alpha value is -0.0800. The van der Waals surface area contributed by atoms with Crippen molar-refractivity contribution >= 4 is 0 Å². The van der Waals surface area contributed by atoms with Crippen molar-refractivity contribution < 1.29 is 0 Å². The smallest absolute Gasteiger partial charge is 0.0133 e. The molecule has 0 radical (unpaired) electrons. The Morgan fingerprint density at radius 1 is 1.00 bits per heavy atom. The van der Waals surface area contributed by atoms with Gasteiger partial charge in [0.15, 0.2) is 0 Å². The number of piperidine rings is 2. The zero-order valence-electron chi connectivity index (χ0n) is 10.6. The summed E-state index contributed by atoms with van der Waals surface area (Å²) in [5, 5.41) is 0. The van der Waals surface area contributed by atoms with Gasteiger partial charge in [0, 0.05) is 19.1 Å². The molecule has 0 N–H and O–H groups in total. The second-order valence-electron chi connectivity index (χ2n) is 5.85. The number of hydrogen-bond acceptors (Lipinski definition) is 2. The SMILES string of the molecule is CC1CCC([C@H]2CCCN(C)C2)N(C)C1. The van der Waals surface area contributed by atoms with Gasteiger partial charge >= 0.3 is 0 Å². The van der Waals surface area contributed by atoms with Gasteiger partial charge in [0.2, 0.25) is 0 Å². The van der Waals surface area contributed by atoms with Gasteiger partial charge in [-0.3, -0.25) is 0 Å². The molecule has 0 aromatic heterocycles. The van der Waals surface area contributed by atoms with Crippen LogP contribution in [0.4, 0.5) is 0 Å². The summed E-state index contributed by atoms with van der Waals surface area (Å²) in [4.78, 5) is 5.14. The summed E-state index contributed by atoms with van der Waals surface area (Å²) in [5.74, 6) is 1.84. The first-order valence-electron chi connectivity index (χ1n) is 6.55. The molecular formula is C13H26N2. The fraction of sp³-hybridized carbons (Fsp3) is 1.00. The number of likely N-dealkylation sites (tertiary alicyclic amines) is 2. The normalized spacial score (nSPS) is 40.6. The zero-order valence-corrected chi connectivity index (χ0v) is 10.6. The molecule has 0 saturated carbocycles. The van der Waals surface area contributed by atoms with E-state index in [1.807, 2.05) is 0 Å². The first-order valence-corrected chi connectivity index (χ1v) is 6.55. The summed E-state index contributed by atoms with van der Waals surface area (Å²) in [6.07, 6.45) is 5.72. The van der Waals surface area contributed by atoms with Crippen LogP contribution in [0.2, 0.25) is 0 Å². The Morgan fingerprint density at radius 2 is 1.80 bits per heavy atom. The summed E-state index contributed by atoms with van der Waals surface area (Å²) in [7, 11) is 4.60. The van der Waals surface area contributed by atoms with Crippen molar-refractivity contribution in [3.8, 4) is 0 Å². The van der Waals surface area contributed by atoms with Gasteiger partial charge in [-0.25, -0.2) is 0 Å². The largest absolute Gasteiger partial charge is 0.306 e. The van der Waals surface area contributed by atoms with E-state index in [-0.39, 0.29) is 0 Å². The third-order valence-electron chi connectivity index (χ3n) is 4.33. The summed E-state index contributed by atoms with van der Waals surface area (Å²) >= 11 is 0. The van der Waals surface area contributed by atoms with E-state index < -0.39 is 0 Å². The van der Waals surface area contributed by atoms with Crippen molar-refractivity contribution in [3.63, 3.8) is 0 Å². The van der Waals surface area contributed by atoms with E-state index in [9.17, 15) is 0 Å². The molecule has 2 aliphatic heterocycles. The van der Waals surface area contributed by atoms with Crippen molar-refractivity contribution in [2.24, 2.45) is 11.8 Å². The van der Waals surface area contributed by atoms with Crippen LogP contribution in [0.15, 0.2) is 0 Å². The highest BCUT2D eigenvalue weighted by molar-refractivity contribution is 4.86. The lowest BCUT2D eigenvalue weighted by molar-refractivity contribution is 0.0614. The Balaban J connectivity index is 1.91. The lowest BCUT2D eigenvalue weighted by Gasteiger charge is -2.43. The maximum Gasteiger partial charge on any atom is 0.0133 e. The molecule has 0 aliphatic carbocycles. The standard InChI is InChI=1S/C13H26N2/c1-11-6-7-13(15(3)9-11)12-5-4-8-14(2)10-12/h11-13H,4-10H2,1-3H3/t11?,12-,13?/m0/s1. The molecule has 2 heteroatoms. The topological polar surface area (TPSA) is 6.48 Å². The van der Waals surface area contributed by atoms with Crippen LogP contribution in [0.1, 0.15) is 32.6 Å². The Labute approximate surface area is 94.6 Å². The average molecular weight is 210 g/mol. The highest BCUT2D eigenvalue weighted by Crippen LogP contribution is 2.29. The molecule has 0 aromatic carbocycles. The van der Waals surface area contributed by atoms with Gasteiger partial charge in [0.1, 0.15) is 0 Å². The van der Waals surface area contributed by atoms with E-state index in [2.05, 4.69) is 30.8 Å². The molecule has 15 heavy (non-hydrogen) atoms. The molecule has 2 aliphatic rings.